The summed E-state index contributed by atoms with van der Waals surface area (Å²) in [6, 6.07) is 3.01. The minimum absolute atomic E-state index is 0.0667. The average molecular weight is 255 g/mol. The van der Waals surface area contributed by atoms with Gasteiger partial charge in [0.05, 0.1) is 15.9 Å². The lowest BCUT2D eigenvalue weighted by atomic mass is 10.2. The normalized spacial score (nSPS) is 12.9. The summed E-state index contributed by atoms with van der Waals surface area (Å²) in [4.78, 5) is 11.8. The number of nitrogen functional groups attached to an aromatic ring is 1. The van der Waals surface area contributed by atoms with E-state index in [0.717, 1.165) is 23.3 Å². The predicted molar refractivity (Wildman–Crippen MR) is 68.9 cm³/mol. The fourth-order valence-electron chi connectivity index (χ4n) is 1.77. The quantitative estimate of drug-likeness (QED) is 0.654. The van der Waals surface area contributed by atoms with Crippen molar-refractivity contribution in [3.63, 3.8) is 0 Å². The number of aromatic nitrogens is 1. The summed E-state index contributed by atoms with van der Waals surface area (Å²) in [6.45, 7) is 3.97. The Balaban J connectivity index is 2.76. The van der Waals surface area contributed by atoms with E-state index in [1.807, 2.05) is 13.8 Å². The number of hydrazine groups is 1. The van der Waals surface area contributed by atoms with Gasteiger partial charge in [0.2, 0.25) is 0 Å². The molecule has 1 aromatic heterocycles. The molecule has 1 atom stereocenters. The maximum absolute atomic E-state index is 13.5. The Kier molecular flexibility index (Phi) is 3.17. The van der Waals surface area contributed by atoms with E-state index in [9.17, 15) is 9.18 Å². The van der Waals surface area contributed by atoms with E-state index in [0.29, 0.717) is 4.70 Å². The molecule has 0 amide bonds. The summed E-state index contributed by atoms with van der Waals surface area (Å²) in [5, 5.41) is 0. The third kappa shape index (κ3) is 1.94. The van der Waals surface area contributed by atoms with E-state index < -0.39 is 5.82 Å². The minimum Gasteiger partial charge on any atom is -0.321 e. The molecular weight excluding hydrogens is 241 g/mol. The maximum Gasteiger partial charge on any atom is 0.308 e. The molecule has 6 heteroatoms. The van der Waals surface area contributed by atoms with Crippen molar-refractivity contribution in [3.05, 3.63) is 27.6 Å². The first-order valence-electron chi connectivity index (χ1n) is 5.39. The number of benzene rings is 1. The number of nitrogens with one attached hydrogen (secondary N) is 1. The molecule has 17 heavy (non-hydrogen) atoms. The SMILES string of the molecule is CCC(C)n1c(=O)sc2cc(F)c(NN)cc21. The lowest BCUT2D eigenvalue weighted by Crippen LogP contribution is -2.17. The van der Waals surface area contributed by atoms with Gasteiger partial charge in [-0.2, -0.15) is 0 Å². The molecule has 1 aromatic carbocycles. The second-order valence-corrected chi connectivity index (χ2v) is 4.93. The number of hydrogen-bond acceptors (Lipinski definition) is 4. The first kappa shape index (κ1) is 12.1. The highest BCUT2D eigenvalue weighted by molar-refractivity contribution is 7.16. The van der Waals surface area contributed by atoms with Crippen LogP contribution in [0, 0.1) is 5.82 Å². The summed E-state index contributed by atoms with van der Waals surface area (Å²) in [7, 11) is 0. The van der Waals surface area contributed by atoms with Crippen molar-refractivity contribution in [2.75, 3.05) is 5.43 Å². The van der Waals surface area contributed by atoms with Crippen LogP contribution in [0.4, 0.5) is 10.1 Å². The number of anilines is 1. The van der Waals surface area contributed by atoms with Gasteiger partial charge in [0.15, 0.2) is 0 Å². The van der Waals surface area contributed by atoms with Gasteiger partial charge in [-0.15, -0.1) is 0 Å². The molecule has 2 rings (SSSR count). The molecule has 0 fully saturated rings. The van der Waals surface area contributed by atoms with Gasteiger partial charge >= 0.3 is 4.87 Å². The first-order chi connectivity index (χ1) is 8.08. The van der Waals surface area contributed by atoms with E-state index in [4.69, 9.17) is 5.84 Å². The van der Waals surface area contributed by atoms with Crippen molar-refractivity contribution in [3.8, 4) is 0 Å². The molecule has 0 aliphatic carbocycles. The molecule has 4 nitrogen and oxygen atoms in total. The molecule has 0 bridgehead atoms. The lowest BCUT2D eigenvalue weighted by molar-refractivity contribution is 0.539. The molecule has 1 heterocycles. The van der Waals surface area contributed by atoms with Crippen LogP contribution in [0.25, 0.3) is 10.2 Å². The van der Waals surface area contributed by atoms with Gasteiger partial charge in [0, 0.05) is 6.04 Å². The molecule has 0 radical (unpaired) electrons. The zero-order valence-corrected chi connectivity index (χ0v) is 10.5. The molecule has 0 saturated carbocycles. The van der Waals surface area contributed by atoms with E-state index in [-0.39, 0.29) is 16.6 Å². The largest absolute Gasteiger partial charge is 0.321 e. The second-order valence-electron chi connectivity index (χ2n) is 3.94. The highest BCUT2D eigenvalue weighted by atomic mass is 32.1. The molecular formula is C11H14FN3OS. The summed E-state index contributed by atoms with van der Waals surface area (Å²) in [5.41, 5.74) is 3.22. The summed E-state index contributed by atoms with van der Waals surface area (Å²) in [6.07, 6.45) is 0.842. The highest BCUT2D eigenvalue weighted by Crippen LogP contribution is 2.27. The van der Waals surface area contributed by atoms with Crippen LogP contribution in [0.5, 0.6) is 0 Å². The zero-order valence-electron chi connectivity index (χ0n) is 9.66. The zero-order chi connectivity index (χ0) is 12.6. The third-order valence-corrected chi connectivity index (χ3v) is 3.81. The number of rotatable bonds is 3. The van der Waals surface area contributed by atoms with Gasteiger partial charge < -0.3 is 5.43 Å². The Labute approximate surface area is 102 Å². The predicted octanol–water partition coefficient (Wildman–Crippen LogP) is 2.46. The average Bonchev–Trinajstić information content (AvgIpc) is 2.62. The molecule has 0 saturated heterocycles. The van der Waals surface area contributed by atoms with E-state index in [2.05, 4.69) is 5.43 Å². The molecule has 3 N–H and O–H groups in total. The smallest absolute Gasteiger partial charge is 0.308 e. The van der Waals surface area contributed by atoms with Crippen molar-refractivity contribution in [2.45, 2.75) is 26.3 Å². The molecule has 1 unspecified atom stereocenters. The van der Waals surface area contributed by atoms with Crippen LogP contribution in [-0.4, -0.2) is 4.57 Å². The summed E-state index contributed by atoms with van der Waals surface area (Å²) < 4.78 is 15.8. The number of halogens is 1. The van der Waals surface area contributed by atoms with Crippen molar-refractivity contribution < 1.29 is 4.39 Å². The maximum atomic E-state index is 13.5. The van der Waals surface area contributed by atoms with Crippen LogP contribution in [0.2, 0.25) is 0 Å². The Morgan fingerprint density at radius 3 is 2.88 bits per heavy atom. The van der Waals surface area contributed by atoms with Gasteiger partial charge in [0.25, 0.3) is 0 Å². The number of thiazole rings is 1. The van der Waals surface area contributed by atoms with Crippen LogP contribution in [-0.2, 0) is 0 Å². The van der Waals surface area contributed by atoms with E-state index in [1.54, 1.807) is 10.6 Å². The van der Waals surface area contributed by atoms with Crippen LogP contribution in [0.15, 0.2) is 16.9 Å². The monoisotopic (exact) mass is 255 g/mol. The fourth-order valence-corrected chi connectivity index (χ4v) is 2.75. The van der Waals surface area contributed by atoms with Crippen molar-refractivity contribution in [1.29, 1.82) is 0 Å². The number of hydrogen-bond donors (Lipinski definition) is 2. The van der Waals surface area contributed by atoms with Crippen LogP contribution in [0.3, 0.4) is 0 Å². The fraction of sp³-hybridized carbons (Fsp3) is 0.364. The van der Waals surface area contributed by atoms with Crippen LogP contribution in [0.1, 0.15) is 26.3 Å². The van der Waals surface area contributed by atoms with Crippen molar-refractivity contribution in [2.24, 2.45) is 5.84 Å². The Morgan fingerprint density at radius 2 is 2.29 bits per heavy atom. The molecule has 2 aromatic rings. The highest BCUT2D eigenvalue weighted by Gasteiger charge is 2.14. The minimum atomic E-state index is -0.447. The summed E-state index contributed by atoms with van der Waals surface area (Å²) in [5.74, 6) is 4.79. The van der Waals surface area contributed by atoms with E-state index in [1.165, 1.54) is 6.07 Å². The van der Waals surface area contributed by atoms with Gasteiger partial charge in [-0.25, -0.2) is 4.39 Å². The van der Waals surface area contributed by atoms with Gasteiger partial charge in [0.1, 0.15) is 5.82 Å². The molecule has 92 valence electrons. The van der Waals surface area contributed by atoms with Gasteiger partial charge in [-0.3, -0.25) is 15.2 Å². The Bertz CT molecular complexity index is 605. The summed E-state index contributed by atoms with van der Waals surface area (Å²) >= 11 is 1.05. The topological polar surface area (TPSA) is 60.0 Å². The first-order valence-corrected chi connectivity index (χ1v) is 6.21. The van der Waals surface area contributed by atoms with Crippen molar-refractivity contribution >= 4 is 27.2 Å². The molecule has 0 spiro atoms. The number of nitrogens with zero attached hydrogens (tertiary/aromatic N) is 1. The second kappa shape index (κ2) is 4.46. The van der Waals surface area contributed by atoms with Crippen molar-refractivity contribution in [1.82, 2.24) is 4.57 Å². The number of fused-ring (bicyclic) bond motifs is 1. The van der Waals surface area contributed by atoms with Crippen LogP contribution >= 0.6 is 11.3 Å². The lowest BCUT2D eigenvalue weighted by Gasteiger charge is -2.11. The van der Waals surface area contributed by atoms with Gasteiger partial charge in [-0.05, 0) is 25.5 Å². The Hall–Kier alpha value is -1.40. The number of nitrogens with two attached hydrogens (primary N) is 1. The Morgan fingerprint density at radius 1 is 1.59 bits per heavy atom. The van der Waals surface area contributed by atoms with Crippen LogP contribution < -0.4 is 16.1 Å². The van der Waals surface area contributed by atoms with E-state index >= 15 is 0 Å². The molecule has 0 aliphatic rings. The standard InChI is InChI=1S/C11H14FN3OS/c1-3-6(2)15-9-5-8(14-13)7(12)4-10(9)17-11(15)16/h4-6,14H,3,13H2,1-2H3. The molecule has 0 aliphatic heterocycles. The van der Waals surface area contributed by atoms with Gasteiger partial charge in [-0.1, -0.05) is 18.3 Å². The third-order valence-electron chi connectivity index (χ3n) is 2.89.